The zero-order chi connectivity index (χ0) is 34.3. The maximum absolute atomic E-state index is 13.2. The molecular weight excluding hydrogens is 630 g/mol. The van der Waals surface area contributed by atoms with Crippen molar-refractivity contribution in [2.24, 2.45) is 0 Å². The molecule has 3 unspecified atom stereocenters. The van der Waals surface area contributed by atoms with E-state index in [9.17, 15) is 14.7 Å². The number of hydrogen-bond acceptors (Lipinski definition) is 7. The van der Waals surface area contributed by atoms with Crippen LogP contribution in [0.25, 0.3) is 0 Å². The first kappa shape index (κ1) is 33.7. The molecule has 3 aliphatic rings. The molecule has 10 nitrogen and oxygen atoms in total. The van der Waals surface area contributed by atoms with E-state index in [1.165, 1.54) is 0 Å². The van der Waals surface area contributed by atoms with Crippen molar-refractivity contribution in [3.05, 3.63) is 137 Å². The van der Waals surface area contributed by atoms with Gasteiger partial charge < -0.3 is 40.3 Å². The molecule has 7 rings (SSSR count). The lowest BCUT2D eigenvalue weighted by molar-refractivity contribution is -0.253. The van der Waals surface area contributed by atoms with Crippen molar-refractivity contribution in [2.75, 3.05) is 31.2 Å². The van der Waals surface area contributed by atoms with Crippen LogP contribution in [0.1, 0.15) is 59.5 Å². The molecule has 0 bridgehead atoms. The number of nitrogens with one attached hydrogen (secondary N) is 3. The van der Waals surface area contributed by atoms with Crippen molar-refractivity contribution >= 4 is 17.6 Å². The number of anilines is 1. The Morgan fingerprint density at radius 2 is 1.38 bits per heavy atom. The largest absolute Gasteiger partial charge is 0.392 e. The van der Waals surface area contributed by atoms with E-state index in [0.717, 1.165) is 66.0 Å². The van der Waals surface area contributed by atoms with Gasteiger partial charge in [-0.2, -0.15) is 0 Å². The minimum absolute atomic E-state index is 0.00771. The molecule has 10 heteroatoms. The molecule has 3 fully saturated rings. The Balaban J connectivity index is 0.994. The highest BCUT2D eigenvalue weighted by molar-refractivity contribution is 5.93. The standard InChI is InChI=1S/C40H45N5O5/c46-27-31-13-15-32(16-14-31)36-23-35(26-44-21-19-40(20-22-44)38(47)43-28-45(40)34-9-5-2-6-10-34)49-37(50-36)33-17-11-30(12-18-33)25-42-39(48)41-24-29-7-3-1-4-8-29/h1-18,35-37,46H,19-28H2,(H,43,47)(H2,41,42,48). The first-order valence-electron chi connectivity index (χ1n) is 17.5. The fourth-order valence-electron chi connectivity index (χ4n) is 7.27. The Labute approximate surface area is 293 Å². The monoisotopic (exact) mass is 675 g/mol. The van der Waals surface area contributed by atoms with Gasteiger partial charge in [0.1, 0.15) is 5.54 Å². The lowest BCUT2D eigenvalue weighted by Crippen LogP contribution is -2.57. The molecule has 0 aromatic heterocycles. The van der Waals surface area contributed by atoms with Gasteiger partial charge in [-0.3, -0.25) is 4.79 Å². The van der Waals surface area contributed by atoms with E-state index in [1.54, 1.807) is 0 Å². The van der Waals surface area contributed by atoms with Crippen LogP contribution in [0.3, 0.4) is 0 Å². The van der Waals surface area contributed by atoms with Gasteiger partial charge in [-0.15, -0.1) is 0 Å². The average molecular weight is 676 g/mol. The molecule has 3 saturated heterocycles. The van der Waals surface area contributed by atoms with Crippen molar-refractivity contribution < 1.29 is 24.2 Å². The zero-order valence-corrected chi connectivity index (χ0v) is 28.2. The highest BCUT2D eigenvalue weighted by atomic mass is 16.7. The summed E-state index contributed by atoms with van der Waals surface area (Å²) in [6, 6.07) is 35.7. The number of carbonyl (C=O) groups is 2. The molecule has 4 aromatic rings. The third-order valence-electron chi connectivity index (χ3n) is 10.2. The number of rotatable bonds is 10. The van der Waals surface area contributed by atoms with Gasteiger partial charge in [-0.25, -0.2) is 4.79 Å². The maximum atomic E-state index is 13.2. The fraction of sp³-hybridized carbons (Fsp3) is 0.350. The summed E-state index contributed by atoms with van der Waals surface area (Å²) in [6.07, 6.45) is 1.32. The molecule has 1 spiro atoms. The topological polar surface area (TPSA) is 115 Å². The number of amides is 3. The smallest absolute Gasteiger partial charge is 0.315 e. The van der Waals surface area contributed by atoms with Gasteiger partial charge in [-0.1, -0.05) is 97.1 Å². The second kappa shape index (κ2) is 15.4. The number of para-hydroxylation sites is 1. The van der Waals surface area contributed by atoms with Crippen molar-refractivity contribution in [3.63, 3.8) is 0 Å². The second-order valence-corrected chi connectivity index (χ2v) is 13.4. The average Bonchev–Trinajstić information content (AvgIpc) is 3.49. The Bertz CT molecular complexity index is 1710. The molecule has 0 saturated carbocycles. The van der Waals surface area contributed by atoms with Crippen LogP contribution in [0.2, 0.25) is 0 Å². The predicted octanol–water partition coefficient (Wildman–Crippen LogP) is 5.15. The van der Waals surface area contributed by atoms with E-state index in [-0.39, 0.29) is 30.8 Å². The van der Waals surface area contributed by atoms with E-state index in [2.05, 4.69) is 37.9 Å². The molecule has 4 N–H and O–H groups in total. The minimum Gasteiger partial charge on any atom is -0.392 e. The lowest BCUT2D eigenvalue weighted by atomic mass is 9.85. The van der Waals surface area contributed by atoms with Gasteiger partial charge in [0.15, 0.2) is 6.29 Å². The van der Waals surface area contributed by atoms with Crippen molar-refractivity contribution in [1.29, 1.82) is 0 Å². The summed E-state index contributed by atoms with van der Waals surface area (Å²) in [7, 11) is 0. The molecule has 3 atom stereocenters. The number of benzene rings is 4. The Kier molecular flexibility index (Phi) is 10.4. The second-order valence-electron chi connectivity index (χ2n) is 13.4. The van der Waals surface area contributed by atoms with Gasteiger partial charge in [0.05, 0.1) is 25.5 Å². The number of hydrogen-bond donors (Lipinski definition) is 4. The number of urea groups is 1. The van der Waals surface area contributed by atoms with Gasteiger partial charge in [0.2, 0.25) is 5.91 Å². The van der Waals surface area contributed by atoms with Crippen LogP contribution >= 0.6 is 0 Å². The van der Waals surface area contributed by atoms with E-state index >= 15 is 0 Å². The highest BCUT2D eigenvalue weighted by Gasteiger charge is 2.50. The molecule has 3 amide bonds. The zero-order valence-electron chi connectivity index (χ0n) is 28.2. The van der Waals surface area contributed by atoms with E-state index in [4.69, 9.17) is 9.47 Å². The number of piperidine rings is 1. The molecule has 3 heterocycles. The molecule has 0 radical (unpaired) electrons. The molecular formula is C40H45N5O5. The number of aliphatic hydroxyl groups is 1. The Morgan fingerprint density at radius 3 is 2.04 bits per heavy atom. The maximum Gasteiger partial charge on any atom is 0.315 e. The van der Waals surface area contributed by atoms with E-state index in [0.29, 0.717) is 26.2 Å². The van der Waals surface area contributed by atoms with Crippen LogP contribution in [0, 0.1) is 0 Å². The summed E-state index contributed by atoms with van der Waals surface area (Å²) >= 11 is 0. The quantitative estimate of drug-likeness (QED) is 0.184. The van der Waals surface area contributed by atoms with E-state index < -0.39 is 11.8 Å². The number of aliphatic hydroxyl groups excluding tert-OH is 1. The van der Waals surface area contributed by atoms with Crippen LogP contribution in [0.15, 0.2) is 109 Å². The Morgan fingerprint density at radius 1 is 0.780 bits per heavy atom. The summed E-state index contributed by atoms with van der Waals surface area (Å²) in [5, 5.41) is 18.5. The third-order valence-corrected chi connectivity index (χ3v) is 10.2. The highest BCUT2D eigenvalue weighted by Crippen LogP contribution is 2.40. The molecule has 260 valence electrons. The first-order valence-corrected chi connectivity index (χ1v) is 17.5. The molecule has 4 aromatic carbocycles. The minimum atomic E-state index is -0.572. The normalized spacial score (nSPS) is 21.9. The fourth-order valence-corrected chi connectivity index (χ4v) is 7.27. The molecule has 50 heavy (non-hydrogen) atoms. The van der Waals surface area contributed by atoms with Gasteiger partial charge in [0, 0.05) is 50.4 Å². The number of nitrogens with zero attached hydrogens (tertiary/aromatic N) is 2. The number of likely N-dealkylation sites (tertiary alicyclic amines) is 1. The van der Waals surface area contributed by atoms with Crippen LogP contribution in [0.4, 0.5) is 10.5 Å². The summed E-state index contributed by atoms with van der Waals surface area (Å²) in [4.78, 5) is 30.2. The van der Waals surface area contributed by atoms with Gasteiger partial charge in [0.25, 0.3) is 0 Å². The third kappa shape index (κ3) is 7.69. The summed E-state index contributed by atoms with van der Waals surface area (Å²) in [5.74, 6) is 0.112. The summed E-state index contributed by atoms with van der Waals surface area (Å²) in [6.45, 7) is 3.69. The number of carbonyl (C=O) groups excluding carboxylic acids is 2. The Hall–Kier alpha value is -4.74. The number of ether oxygens (including phenoxy) is 2. The van der Waals surface area contributed by atoms with Crippen LogP contribution in [0.5, 0.6) is 0 Å². The van der Waals surface area contributed by atoms with Crippen LogP contribution in [-0.4, -0.2) is 59.9 Å². The van der Waals surface area contributed by atoms with Crippen molar-refractivity contribution in [2.45, 2.75) is 63.0 Å². The summed E-state index contributed by atoms with van der Waals surface area (Å²) < 4.78 is 13.2. The summed E-state index contributed by atoms with van der Waals surface area (Å²) in [5.41, 5.74) is 5.35. The van der Waals surface area contributed by atoms with E-state index in [1.807, 2.05) is 97.1 Å². The SMILES string of the molecule is O=C(NCc1ccccc1)NCc1ccc(C2OC(CN3CCC4(CC3)C(=O)NCN4c3ccccc3)CC(c3ccc(CO)cc3)O2)cc1. The van der Waals surface area contributed by atoms with Gasteiger partial charge in [-0.05, 0) is 47.2 Å². The lowest BCUT2D eigenvalue weighted by Gasteiger charge is -2.45. The van der Waals surface area contributed by atoms with Crippen LogP contribution in [-0.2, 0) is 34.0 Å². The van der Waals surface area contributed by atoms with Crippen LogP contribution < -0.4 is 20.9 Å². The first-order chi connectivity index (χ1) is 24.5. The van der Waals surface area contributed by atoms with Crippen molar-refractivity contribution in [1.82, 2.24) is 20.9 Å². The molecule has 0 aliphatic carbocycles. The molecule has 3 aliphatic heterocycles. The predicted molar refractivity (Wildman–Crippen MR) is 191 cm³/mol. The van der Waals surface area contributed by atoms with Crippen molar-refractivity contribution in [3.8, 4) is 0 Å². The van der Waals surface area contributed by atoms with Gasteiger partial charge >= 0.3 is 6.03 Å².